The van der Waals surface area contributed by atoms with Crippen molar-refractivity contribution < 1.29 is 37.3 Å². The Hall–Kier alpha value is -3.94. The maximum atomic E-state index is 9.55. The molecular formula is C30H32ClN3O8S. The lowest BCUT2D eigenvalue weighted by Crippen LogP contribution is -2.30. The van der Waals surface area contributed by atoms with Gasteiger partial charge in [0.05, 0.1) is 5.69 Å². The summed E-state index contributed by atoms with van der Waals surface area (Å²) in [6.07, 6.45) is 11.1. The number of aliphatic carboxylic acids is 2. The lowest BCUT2D eigenvalue weighted by atomic mass is 9.88. The average Bonchev–Trinajstić information content (AvgIpc) is 3.09. The van der Waals surface area contributed by atoms with Gasteiger partial charge in [0.15, 0.2) is 0 Å². The number of carbonyl (C=O) groups is 2. The van der Waals surface area contributed by atoms with Gasteiger partial charge in [-0.15, -0.1) is 0 Å². The number of likely N-dealkylation sites (tertiary alicyclic amines) is 1. The summed E-state index contributed by atoms with van der Waals surface area (Å²) in [6, 6.07) is 12.9. The molecule has 5 rings (SSSR count). The van der Waals surface area contributed by atoms with E-state index in [0.29, 0.717) is 12.2 Å². The third-order valence-corrected chi connectivity index (χ3v) is 6.88. The third kappa shape index (κ3) is 11.3. The summed E-state index contributed by atoms with van der Waals surface area (Å²) in [5.74, 6) is -2.51. The van der Waals surface area contributed by atoms with Gasteiger partial charge in [0.25, 0.3) is 0 Å². The summed E-state index contributed by atoms with van der Waals surface area (Å²) in [4.78, 5) is 30.8. The van der Waals surface area contributed by atoms with Gasteiger partial charge >= 0.3 is 22.3 Å². The van der Waals surface area contributed by atoms with Crippen LogP contribution in [0.1, 0.15) is 46.4 Å². The van der Waals surface area contributed by atoms with E-state index in [4.69, 9.17) is 44.3 Å². The van der Waals surface area contributed by atoms with Crippen LogP contribution in [0.3, 0.4) is 0 Å². The van der Waals surface area contributed by atoms with Crippen molar-refractivity contribution in [2.75, 3.05) is 13.1 Å². The zero-order valence-corrected chi connectivity index (χ0v) is 24.9. The normalized spacial score (nSPS) is 14.8. The highest BCUT2D eigenvalue weighted by atomic mass is 35.5. The highest BCUT2D eigenvalue weighted by Crippen LogP contribution is 2.38. The first-order chi connectivity index (χ1) is 20.3. The number of aryl methyl sites for hydroxylation is 3. The summed E-state index contributed by atoms with van der Waals surface area (Å²) < 4.78 is 31.6. The van der Waals surface area contributed by atoms with Crippen molar-refractivity contribution in [1.82, 2.24) is 14.9 Å². The Kier molecular flexibility index (Phi) is 12.1. The first kappa shape index (κ1) is 33.6. The number of halogens is 1. The van der Waals surface area contributed by atoms with Crippen LogP contribution >= 0.6 is 11.6 Å². The molecule has 2 aliphatic rings. The van der Waals surface area contributed by atoms with Gasteiger partial charge < -0.3 is 10.2 Å². The molecular weight excluding hydrogens is 598 g/mol. The van der Waals surface area contributed by atoms with Crippen LogP contribution in [-0.4, -0.2) is 67.6 Å². The lowest BCUT2D eigenvalue weighted by Gasteiger charge is -2.30. The molecule has 228 valence electrons. The number of fused-ring (bicyclic) bond motifs is 2. The Balaban J connectivity index is 0.000000329. The molecule has 2 aromatic heterocycles. The van der Waals surface area contributed by atoms with Gasteiger partial charge in [-0.25, -0.2) is 9.59 Å². The van der Waals surface area contributed by atoms with Crippen LogP contribution in [0.5, 0.6) is 0 Å². The van der Waals surface area contributed by atoms with E-state index in [2.05, 4.69) is 47.1 Å². The summed E-state index contributed by atoms with van der Waals surface area (Å²) in [6.45, 7) is 5.21. The first-order valence-electron chi connectivity index (χ1n) is 13.2. The van der Waals surface area contributed by atoms with E-state index in [0.717, 1.165) is 50.3 Å². The number of carboxylic acids is 2. The molecule has 4 N–H and O–H groups in total. The fourth-order valence-corrected chi connectivity index (χ4v) is 5.16. The molecule has 0 radical (unpaired) electrons. The second-order valence-electron chi connectivity index (χ2n) is 9.90. The zero-order valence-electron chi connectivity index (χ0n) is 23.4. The SMILES string of the molecule is Cc1cncc(CN2CCC(=C3c4ccc(Cl)cc4CCc4cccnc43)CC2)c1.O=C(O)/C=C/C(=O)O.O=S(=O)(O)O. The second-order valence-corrected chi connectivity index (χ2v) is 11.2. The minimum Gasteiger partial charge on any atom is -0.478 e. The predicted molar refractivity (Wildman–Crippen MR) is 161 cm³/mol. The predicted octanol–water partition coefficient (Wildman–Crippen LogP) is 4.69. The van der Waals surface area contributed by atoms with Gasteiger partial charge in [-0.2, -0.15) is 8.42 Å². The molecule has 3 heterocycles. The van der Waals surface area contributed by atoms with Crippen molar-refractivity contribution >= 4 is 39.5 Å². The summed E-state index contributed by atoms with van der Waals surface area (Å²) in [5, 5.41) is 16.4. The van der Waals surface area contributed by atoms with E-state index in [1.54, 1.807) is 0 Å². The maximum absolute atomic E-state index is 9.55. The first-order valence-corrected chi connectivity index (χ1v) is 15.0. The number of carboxylic acid groups (broad SMARTS) is 2. The van der Waals surface area contributed by atoms with Crippen molar-refractivity contribution in [3.63, 3.8) is 0 Å². The van der Waals surface area contributed by atoms with E-state index < -0.39 is 22.3 Å². The van der Waals surface area contributed by atoms with E-state index in [1.807, 2.05) is 24.7 Å². The average molecular weight is 630 g/mol. The standard InChI is InChI=1S/C26H26ClN3.C4H4O4.H2O4S/c1-18-13-19(16-28-15-18)17-30-11-8-20(9-12-30)25-24-7-6-23(27)14-22(24)5-4-21-3-2-10-29-26(21)25;5-3(6)1-2-4(7)8;1-5(2,3)4/h2-3,6-7,10,13-16H,4-5,8-9,11-12,17H2,1H3;1-2H,(H,5,6)(H,7,8);(H2,1,2,3,4)/b;2-1+;. The van der Waals surface area contributed by atoms with Crippen LogP contribution in [0.15, 0.2) is 72.7 Å². The van der Waals surface area contributed by atoms with Crippen molar-refractivity contribution in [3.8, 4) is 0 Å². The second kappa shape index (κ2) is 15.5. The fraction of sp³-hybridized carbons (Fsp3) is 0.267. The topological polar surface area (TPSA) is 178 Å². The molecule has 43 heavy (non-hydrogen) atoms. The number of piperidine rings is 1. The monoisotopic (exact) mass is 629 g/mol. The zero-order chi connectivity index (χ0) is 31.6. The van der Waals surface area contributed by atoms with Crippen LogP contribution in [-0.2, 0) is 39.4 Å². The number of benzene rings is 1. The molecule has 3 aromatic rings. The minimum atomic E-state index is -4.67. The van der Waals surface area contributed by atoms with Crippen LogP contribution in [0.4, 0.5) is 0 Å². The van der Waals surface area contributed by atoms with E-state index in [9.17, 15) is 9.59 Å². The minimum absolute atomic E-state index is 0.558. The van der Waals surface area contributed by atoms with E-state index in [-0.39, 0.29) is 0 Å². The Labute approximate surface area is 254 Å². The van der Waals surface area contributed by atoms with Crippen LogP contribution in [0.2, 0.25) is 5.02 Å². The summed E-state index contributed by atoms with van der Waals surface area (Å²) >= 11 is 6.34. The molecule has 0 amide bonds. The van der Waals surface area contributed by atoms with Crippen molar-refractivity contribution in [1.29, 1.82) is 0 Å². The van der Waals surface area contributed by atoms with Gasteiger partial charge in [0.1, 0.15) is 0 Å². The third-order valence-electron chi connectivity index (χ3n) is 6.65. The van der Waals surface area contributed by atoms with E-state index >= 15 is 0 Å². The smallest absolute Gasteiger partial charge is 0.394 e. The molecule has 0 unspecified atom stereocenters. The van der Waals surface area contributed by atoms with Crippen molar-refractivity contribution in [3.05, 3.63) is 111 Å². The van der Waals surface area contributed by atoms with Crippen molar-refractivity contribution in [2.24, 2.45) is 0 Å². The number of pyridine rings is 2. The highest BCUT2D eigenvalue weighted by Gasteiger charge is 2.25. The number of hydrogen-bond acceptors (Lipinski definition) is 7. The number of hydrogen-bond donors (Lipinski definition) is 4. The molecule has 11 nitrogen and oxygen atoms in total. The summed E-state index contributed by atoms with van der Waals surface area (Å²) in [7, 11) is -4.67. The van der Waals surface area contributed by atoms with Gasteiger partial charge in [0, 0.05) is 61.0 Å². The van der Waals surface area contributed by atoms with Crippen LogP contribution in [0, 0.1) is 6.92 Å². The molecule has 13 heteroatoms. The molecule has 1 aliphatic carbocycles. The van der Waals surface area contributed by atoms with Crippen LogP contribution < -0.4 is 0 Å². The Bertz CT molecular complexity index is 1610. The molecule has 1 aromatic carbocycles. The van der Waals surface area contributed by atoms with Gasteiger partial charge in [0.2, 0.25) is 0 Å². The Morgan fingerprint density at radius 1 is 0.953 bits per heavy atom. The fourth-order valence-electron chi connectivity index (χ4n) is 4.97. The maximum Gasteiger partial charge on any atom is 0.394 e. The molecule has 1 saturated heterocycles. The molecule has 1 aliphatic heterocycles. The number of rotatable bonds is 4. The van der Waals surface area contributed by atoms with Gasteiger partial charge in [-0.05, 0) is 78.6 Å². The molecule has 0 bridgehead atoms. The van der Waals surface area contributed by atoms with Gasteiger partial charge in [-0.3, -0.25) is 24.0 Å². The number of nitrogens with zero attached hydrogens (tertiary/aromatic N) is 3. The molecule has 0 spiro atoms. The Morgan fingerprint density at radius 3 is 2.19 bits per heavy atom. The quantitative estimate of drug-likeness (QED) is 0.232. The van der Waals surface area contributed by atoms with Crippen LogP contribution in [0.25, 0.3) is 5.57 Å². The largest absolute Gasteiger partial charge is 0.478 e. The molecule has 1 fully saturated rings. The number of aromatic nitrogens is 2. The highest BCUT2D eigenvalue weighted by molar-refractivity contribution is 7.79. The van der Waals surface area contributed by atoms with Crippen molar-refractivity contribution in [2.45, 2.75) is 39.2 Å². The van der Waals surface area contributed by atoms with E-state index in [1.165, 1.54) is 44.7 Å². The molecule has 0 atom stereocenters. The summed E-state index contributed by atoms with van der Waals surface area (Å²) in [5.41, 5.74) is 10.6. The van der Waals surface area contributed by atoms with Gasteiger partial charge in [-0.1, -0.05) is 35.4 Å². The Morgan fingerprint density at radius 2 is 1.58 bits per heavy atom. The lowest BCUT2D eigenvalue weighted by molar-refractivity contribution is -0.134. The molecule has 0 saturated carbocycles.